The van der Waals surface area contributed by atoms with Crippen LogP contribution in [0.1, 0.15) is 5.56 Å². The molecule has 5 heteroatoms. The first-order valence-corrected chi connectivity index (χ1v) is 7.94. The van der Waals surface area contributed by atoms with E-state index in [1.165, 1.54) is 0 Å². The van der Waals surface area contributed by atoms with Crippen molar-refractivity contribution in [2.75, 3.05) is 25.2 Å². The molecule has 4 nitrogen and oxygen atoms in total. The molecule has 1 unspecified atom stereocenters. The number of hydrogen-bond donors (Lipinski definition) is 1. The molecule has 0 spiro atoms. The van der Waals surface area contributed by atoms with E-state index in [0.29, 0.717) is 34.4 Å². The van der Waals surface area contributed by atoms with Crippen LogP contribution in [0.4, 0.5) is 5.69 Å². The highest BCUT2D eigenvalue weighted by Crippen LogP contribution is 2.26. The second-order valence-electron chi connectivity index (χ2n) is 4.54. The third-order valence-electron chi connectivity index (χ3n) is 3.12. The van der Waals surface area contributed by atoms with Crippen molar-refractivity contribution in [2.24, 2.45) is 0 Å². The van der Waals surface area contributed by atoms with Crippen molar-refractivity contribution < 1.29 is 13.7 Å². The van der Waals surface area contributed by atoms with Crippen molar-refractivity contribution in [1.29, 1.82) is 0 Å². The molecule has 2 N–H and O–H groups in total. The Morgan fingerprint density at radius 2 is 1.81 bits per heavy atom. The Hall–Kier alpha value is -2.01. The quantitative estimate of drug-likeness (QED) is 0.834. The summed E-state index contributed by atoms with van der Waals surface area (Å²) in [5.74, 6) is 1.69. The van der Waals surface area contributed by atoms with Gasteiger partial charge in [-0.1, -0.05) is 24.3 Å². The molecule has 0 saturated heterocycles. The molecule has 0 bridgehead atoms. The summed E-state index contributed by atoms with van der Waals surface area (Å²) in [7, 11) is 0.413. The van der Waals surface area contributed by atoms with Gasteiger partial charge < -0.3 is 15.2 Å². The van der Waals surface area contributed by atoms with Crippen LogP contribution in [0.5, 0.6) is 11.5 Å². The Morgan fingerprint density at radius 1 is 1.10 bits per heavy atom. The molecule has 0 fully saturated rings. The number of benzene rings is 2. The van der Waals surface area contributed by atoms with Crippen LogP contribution in [0, 0.1) is 6.92 Å². The lowest BCUT2D eigenvalue weighted by Gasteiger charge is -2.11. The molecule has 0 saturated carbocycles. The average Bonchev–Trinajstić information content (AvgIpc) is 2.50. The van der Waals surface area contributed by atoms with Crippen LogP contribution in [-0.2, 0) is 10.8 Å². The predicted molar refractivity (Wildman–Crippen MR) is 85.4 cm³/mol. The average molecular weight is 305 g/mol. The van der Waals surface area contributed by atoms with Gasteiger partial charge in [-0.3, -0.25) is 4.21 Å². The van der Waals surface area contributed by atoms with E-state index in [9.17, 15) is 4.21 Å². The number of aryl methyl sites for hydroxylation is 1. The van der Waals surface area contributed by atoms with Crippen molar-refractivity contribution in [2.45, 2.75) is 11.8 Å². The number of rotatable bonds is 6. The van der Waals surface area contributed by atoms with Crippen LogP contribution in [0.3, 0.4) is 0 Å². The van der Waals surface area contributed by atoms with Crippen molar-refractivity contribution in [3.63, 3.8) is 0 Å². The van der Waals surface area contributed by atoms with E-state index in [4.69, 9.17) is 15.2 Å². The van der Waals surface area contributed by atoms with Gasteiger partial charge in [0.1, 0.15) is 6.61 Å². The third-order valence-corrected chi connectivity index (χ3v) is 4.51. The maximum absolute atomic E-state index is 12.3. The maximum atomic E-state index is 12.3. The number of nitrogen functional groups attached to an aromatic ring is 1. The monoisotopic (exact) mass is 305 g/mol. The predicted octanol–water partition coefficient (Wildman–Crippen LogP) is 2.77. The Balaban J connectivity index is 1.97. The van der Waals surface area contributed by atoms with Gasteiger partial charge in [0.2, 0.25) is 0 Å². The first kappa shape index (κ1) is 15.4. The first-order valence-electron chi connectivity index (χ1n) is 6.62. The van der Waals surface area contributed by atoms with Gasteiger partial charge >= 0.3 is 0 Å². The van der Waals surface area contributed by atoms with Gasteiger partial charge in [0.25, 0.3) is 0 Å². The van der Waals surface area contributed by atoms with Crippen LogP contribution < -0.4 is 15.2 Å². The molecule has 0 heterocycles. The van der Waals surface area contributed by atoms with Crippen LogP contribution in [0.2, 0.25) is 0 Å². The molecule has 21 heavy (non-hydrogen) atoms. The van der Waals surface area contributed by atoms with Crippen LogP contribution >= 0.6 is 0 Å². The normalized spacial score (nSPS) is 11.9. The molecule has 2 rings (SSSR count). The number of anilines is 1. The summed E-state index contributed by atoms with van der Waals surface area (Å²) in [4.78, 5) is 0.665. The summed E-state index contributed by atoms with van der Waals surface area (Å²) in [5, 5.41) is 0. The lowest BCUT2D eigenvalue weighted by atomic mass is 10.2. The Morgan fingerprint density at radius 3 is 2.52 bits per heavy atom. The van der Waals surface area contributed by atoms with Crippen LogP contribution in [0.15, 0.2) is 47.4 Å². The molecule has 2 aromatic carbocycles. The topological polar surface area (TPSA) is 61.5 Å². The van der Waals surface area contributed by atoms with Gasteiger partial charge in [0, 0.05) is 0 Å². The number of hydrogen-bond acceptors (Lipinski definition) is 4. The van der Waals surface area contributed by atoms with Gasteiger partial charge in [-0.2, -0.15) is 0 Å². The lowest BCUT2D eigenvalue weighted by Crippen LogP contribution is -2.11. The van der Waals surface area contributed by atoms with Gasteiger partial charge in [-0.15, -0.1) is 0 Å². The largest absolute Gasteiger partial charge is 0.493 e. The fraction of sp³-hybridized carbons (Fsp3) is 0.250. The summed E-state index contributed by atoms with van der Waals surface area (Å²) < 4.78 is 23.1. The Kier molecular flexibility index (Phi) is 5.22. The highest BCUT2D eigenvalue weighted by Gasteiger charge is 2.10. The smallest absolute Gasteiger partial charge is 0.161 e. The second kappa shape index (κ2) is 7.13. The minimum Gasteiger partial charge on any atom is -0.493 e. The van der Waals surface area contributed by atoms with E-state index >= 15 is 0 Å². The molecule has 2 aromatic rings. The van der Waals surface area contributed by atoms with E-state index in [1.54, 1.807) is 13.2 Å². The highest BCUT2D eigenvalue weighted by molar-refractivity contribution is 7.85. The Bertz CT molecular complexity index is 643. The second-order valence-corrected chi connectivity index (χ2v) is 6.07. The zero-order valence-electron chi connectivity index (χ0n) is 12.2. The molecule has 112 valence electrons. The zero-order valence-corrected chi connectivity index (χ0v) is 13.0. The van der Waals surface area contributed by atoms with Crippen LogP contribution in [-0.4, -0.2) is 23.7 Å². The zero-order chi connectivity index (χ0) is 15.2. The molecular weight excluding hydrogens is 286 g/mol. The summed E-state index contributed by atoms with van der Waals surface area (Å²) in [6.07, 6.45) is 0. The molecule has 0 aliphatic heterocycles. The van der Waals surface area contributed by atoms with E-state index in [2.05, 4.69) is 0 Å². The van der Waals surface area contributed by atoms with E-state index in [1.807, 2.05) is 43.3 Å². The fourth-order valence-corrected chi connectivity index (χ4v) is 3.02. The summed E-state index contributed by atoms with van der Waals surface area (Å²) >= 11 is 0. The highest BCUT2D eigenvalue weighted by atomic mass is 32.2. The SMILES string of the molecule is COc1ccccc1OCCS(=O)c1cccc(C)c1N. The van der Waals surface area contributed by atoms with Crippen LogP contribution in [0.25, 0.3) is 0 Å². The molecule has 0 aliphatic rings. The van der Waals surface area contributed by atoms with Crippen molar-refractivity contribution in [3.8, 4) is 11.5 Å². The van der Waals surface area contributed by atoms with E-state index in [0.717, 1.165) is 5.56 Å². The first-order chi connectivity index (χ1) is 10.1. The van der Waals surface area contributed by atoms with Crippen molar-refractivity contribution >= 4 is 16.5 Å². The Labute approximate surface area is 127 Å². The van der Waals surface area contributed by atoms with E-state index < -0.39 is 10.8 Å². The molecule has 1 atom stereocenters. The molecule has 0 amide bonds. The lowest BCUT2D eigenvalue weighted by molar-refractivity contribution is 0.313. The number of methoxy groups -OCH3 is 1. The minimum atomic E-state index is -1.18. The van der Waals surface area contributed by atoms with Gasteiger partial charge in [0.05, 0.1) is 34.2 Å². The fourth-order valence-electron chi connectivity index (χ4n) is 1.93. The molecular formula is C16H19NO3S. The molecule has 0 aromatic heterocycles. The number of ether oxygens (including phenoxy) is 2. The summed E-state index contributed by atoms with van der Waals surface area (Å²) in [6, 6.07) is 12.9. The third kappa shape index (κ3) is 3.76. The van der Waals surface area contributed by atoms with Gasteiger partial charge in [0.15, 0.2) is 11.5 Å². The van der Waals surface area contributed by atoms with Crippen molar-refractivity contribution in [3.05, 3.63) is 48.0 Å². The number of para-hydroxylation sites is 3. The van der Waals surface area contributed by atoms with Gasteiger partial charge in [-0.25, -0.2) is 0 Å². The standard InChI is InChI=1S/C16H19NO3S/c1-12-6-5-9-15(16(12)17)21(18)11-10-20-14-8-4-3-7-13(14)19-2/h3-9H,10-11,17H2,1-2H3. The maximum Gasteiger partial charge on any atom is 0.161 e. The van der Waals surface area contributed by atoms with Crippen molar-refractivity contribution in [1.82, 2.24) is 0 Å². The summed E-state index contributed by atoms with van der Waals surface area (Å²) in [5.41, 5.74) is 7.49. The minimum absolute atomic E-state index is 0.334. The van der Waals surface area contributed by atoms with Gasteiger partial charge in [-0.05, 0) is 30.7 Å². The molecule has 0 aliphatic carbocycles. The number of nitrogens with two attached hydrogens (primary N) is 1. The summed E-state index contributed by atoms with van der Waals surface area (Å²) in [6.45, 7) is 2.24. The van der Waals surface area contributed by atoms with E-state index in [-0.39, 0.29) is 0 Å². The molecule has 0 radical (unpaired) electrons.